The van der Waals surface area contributed by atoms with Gasteiger partial charge in [-0.2, -0.15) is 0 Å². The van der Waals surface area contributed by atoms with Crippen LogP contribution in [-0.4, -0.2) is 188 Å². The second-order valence-electron chi connectivity index (χ2n) is 24.5. The first-order valence-electron chi connectivity index (χ1n) is 34.9. The summed E-state index contributed by atoms with van der Waals surface area (Å²) >= 11 is 0. The zero-order chi connectivity index (χ0) is 74.5. The van der Waals surface area contributed by atoms with Gasteiger partial charge in [-0.25, -0.2) is 33.6 Å². The predicted octanol–water partition coefficient (Wildman–Crippen LogP) is 9.75. The molecule has 4 aliphatic heterocycles. The third kappa shape index (κ3) is 33.6. The maximum Gasteiger partial charge on any atom is 0.330 e. The van der Waals surface area contributed by atoms with Crippen LogP contribution in [0.15, 0.2) is 142 Å². The van der Waals surface area contributed by atoms with Crippen LogP contribution in [0.4, 0.5) is 0 Å². The zero-order valence-electron chi connectivity index (χ0n) is 59.2. The Hall–Kier alpha value is -8.46. The van der Waals surface area contributed by atoms with Crippen molar-refractivity contribution in [2.45, 2.75) is 153 Å². The molecule has 2 saturated carbocycles. The summed E-state index contributed by atoms with van der Waals surface area (Å²) in [5, 5.41) is 0. The number of hydrogen-bond acceptors (Lipinski definition) is 25. The standard InChI is InChI=1S/C14H16O4.C13H16O2.C11H16O5.C11H12O3.2C10H16O4.C8H12O3/c1-2-12(15)18-8-7-11-13(16)9-5-3-4-6-10(9)14(11)17;1-2-13(14)15-12-7-8-6-11(12)10-5-3-4-9(8)10;1-2-10(12)15-7-5-11(13)16-8-9-4-3-6-14-9;1-2-11(12)14-9-8-13-10-6-4-3-5-7-10;1-4-9(11)12-6-8-7-13-10(3,5-2)14-8;1-2-10(11)13-6-4-3-5-12-7-9-8-14-9;1-2-8(9)11-6-7-4-3-5-10-7/h2,11H,1,3-8H2;2-4,8-12H,1,5-7H2;2,9H,1,3-8H2;2-7H,1,8-9H2;4,8H,1,5-7H2,2-3H3;2,9H,1,3-8H2;2,7H,1,3-6H2. The molecule has 0 amide bonds. The van der Waals surface area contributed by atoms with E-state index in [4.69, 9.17) is 66.3 Å². The Balaban J connectivity index is 0.000000253. The van der Waals surface area contributed by atoms with Gasteiger partial charge in [0, 0.05) is 73.5 Å². The fraction of sp³-hybridized carbons (Fsp3) is 0.558. The number of hydrogen-bond donors (Lipinski definition) is 0. The van der Waals surface area contributed by atoms with Gasteiger partial charge in [0.2, 0.25) is 0 Å². The average Bonchev–Trinajstić information content (AvgIpc) is 1.60. The van der Waals surface area contributed by atoms with Gasteiger partial charge >= 0.3 is 47.8 Å². The van der Waals surface area contributed by atoms with Crippen LogP contribution >= 0.6 is 0 Å². The van der Waals surface area contributed by atoms with E-state index in [-0.39, 0.29) is 106 Å². The lowest BCUT2D eigenvalue weighted by molar-refractivity contribution is -0.165. The molecule has 102 heavy (non-hydrogen) atoms. The van der Waals surface area contributed by atoms with Crippen molar-refractivity contribution < 1.29 is 119 Å². The molecular weight excluding hydrogens is 1320 g/mol. The van der Waals surface area contributed by atoms with Crippen molar-refractivity contribution in [3.05, 3.63) is 142 Å². The average molecular weight is 1430 g/mol. The third-order valence-electron chi connectivity index (χ3n) is 17.2. The molecule has 25 nitrogen and oxygen atoms in total. The number of unbranched alkanes of at least 4 members (excludes halogenated alkanes) is 1. The number of carbonyl (C=O) groups is 10. The molecule has 25 heteroatoms. The van der Waals surface area contributed by atoms with Gasteiger partial charge in [0.15, 0.2) is 17.4 Å². The van der Waals surface area contributed by atoms with E-state index in [1.54, 1.807) is 0 Å². The van der Waals surface area contributed by atoms with Gasteiger partial charge in [0.1, 0.15) is 63.7 Å². The number of benzene rings is 1. The molecule has 0 radical (unpaired) electrons. The summed E-state index contributed by atoms with van der Waals surface area (Å²) < 4.78 is 76.1. The number of carbonyl (C=O) groups excluding carboxylic acids is 10. The Labute approximate surface area is 598 Å². The fourth-order valence-electron chi connectivity index (χ4n) is 11.7. The Bertz CT molecular complexity index is 2940. The highest BCUT2D eigenvalue weighted by Gasteiger charge is 2.54. The summed E-state index contributed by atoms with van der Waals surface area (Å²) in [6.07, 6.45) is 26.9. The summed E-state index contributed by atoms with van der Waals surface area (Å²) in [4.78, 5) is 111. The van der Waals surface area contributed by atoms with E-state index in [9.17, 15) is 47.9 Å². The van der Waals surface area contributed by atoms with E-state index < -0.39 is 35.6 Å². The molecule has 0 aromatic heterocycles. The number of allylic oxidation sites excluding steroid dienone is 4. The normalized spacial score (nSPS) is 23.9. The largest absolute Gasteiger partial charge is 0.490 e. The number of epoxide rings is 1. The van der Waals surface area contributed by atoms with Gasteiger partial charge in [0.05, 0.1) is 57.6 Å². The van der Waals surface area contributed by atoms with Crippen molar-refractivity contribution in [1.82, 2.24) is 0 Å². The summed E-state index contributed by atoms with van der Waals surface area (Å²) in [7, 11) is 0. The van der Waals surface area contributed by atoms with Gasteiger partial charge in [-0.1, -0.05) is 83.3 Å². The van der Waals surface area contributed by atoms with Crippen LogP contribution in [0.2, 0.25) is 0 Å². The van der Waals surface area contributed by atoms with E-state index in [2.05, 4.69) is 62.9 Å². The molecule has 4 heterocycles. The lowest BCUT2D eigenvalue weighted by Gasteiger charge is -2.30. The van der Waals surface area contributed by atoms with Crippen molar-refractivity contribution >= 4 is 59.3 Å². The smallest absolute Gasteiger partial charge is 0.330 e. The maximum atomic E-state index is 12.1. The number of para-hydroxylation sites is 1. The summed E-state index contributed by atoms with van der Waals surface area (Å²) in [5.74, 6) is -0.856. The minimum Gasteiger partial charge on any atom is -0.490 e. The lowest BCUT2D eigenvalue weighted by Crippen LogP contribution is -2.31. The molecule has 10 rings (SSSR count). The van der Waals surface area contributed by atoms with Gasteiger partial charge in [-0.05, 0) is 139 Å². The highest BCUT2D eigenvalue weighted by atomic mass is 16.8. The molecule has 1 aromatic rings. The minimum absolute atomic E-state index is 0.0230. The van der Waals surface area contributed by atoms with Crippen molar-refractivity contribution in [3.8, 4) is 5.75 Å². The monoisotopic (exact) mass is 1430 g/mol. The number of ether oxygens (including phenoxy) is 15. The molecule has 10 unspecified atom stereocenters. The lowest BCUT2D eigenvalue weighted by atomic mass is 9.80. The molecule has 6 fully saturated rings. The van der Waals surface area contributed by atoms with Crippen LogP contribution in [0.25, 0.3) is 0 Å². The molecule has 10 atom stereocenters. The van der Waals surface area contributed by atoms with Crippen LogP contribution in [0.3, 0.4) is 0 Å². The molecule has 0 N–H and O–H groups in total. The molecular formula is C77H104O25. The Morgan fingerprint density at radius 3 is 1.59 bits per heavy atom. The second kappa shape index (κ2) is 49.2. The SMILES string of the molecule is C=CC(=O)OC1CC2CC1C1CC=CC21.C=CC(=O)OCC1CCCO1.C=CC(=O)OCC1COC(C)(CC)O1.C=CC(=O)OCCC(=O)OCC1CCCO1.C=CC(=O)OCCC1C(=O)C2=C(CCCC2)C1=O.C=CC(=O)OCCCCOCC1CO1.C=CC(=O)OCCOc1ccccc1. The van der Waals surface area contributed by atoms with E-state index in [1.165, 1.54) is 25.0 Å². The molecule has 2 bridgehead atoms. The van der Waals surface area contributed by atoms with Crippen molar-refractivity contribution in [3.63, 3.8) is 0 Å². The van der Waals surface area contributed by atoms with Gasteiger partial charge in [0.25, 0.3) is 0 Å². The van der Waals surface area contributed by atoms with Gasteiger partial charge in [-0.15, -0.1) is 0 Å². The quantitative estimate of drug-likeness (QED) is 0.0123. The molecule has 1 aromatic carbocycles. The minimum atomic E-state index is -0.620. The number of rotatable bonds is 32. The number of esters is 8. The van der Waals surface area contributed by atoms with Crippen molar-refractivity contribution in [2.24, 2.45) is 29.6 Å². The zero-order valence-corrected chi connectivity index (χ0v) is 59.2. The van der Waals surface area contributed by atoms with E-state index in [1.807, 2.05) is 44.2 Å². The topological polar surface area (TPSA) is 312 Å². The Morgan fingerprint density at radius 1 is 0.539 bits per heavy atom. The summed E-state index contributed by atoms with van der Waals surface area (Å²) in [5.41, 5.74) is 1.46. The number of fused-ring (bicyclic) bond motifs is 5. The van der Waals surface area contributed by atoms with Crippen molar-refractivity contribution in [1.29, 1.82) is 0 Å². The highest BCUT2D eigenvalue weighted by molar-refractivity contribution is 6.24. The molecule has 4 saturated heterocycles. The number of Topliss-reactive ketones (excluding diaryl/α,β-unsaturated/α-hetero) is 2. The number of ketones is 2. The third-order valence-corrected chi connectivity index (χ3v) is 17.2. The molecule has 0 spiro atoms. The first-order valence-corrected chi connectivity index (χ1v) is 34.9. The second-order valence-corrected chi connectivity index (χ2v) is 24.5. The molecule has 562 valence electrons. The van der Waals surface area contributed by atoms with Crippen LogP contribution in [0.1, 0.15) is 117 Å². The van der Waals surface area contributed by atoms with Crippen LogP contribution < -0.4 is 4.74 Å². The first-order chi connectivity index (χ1) is 49.2. The summed E-state index contributed by atoms with van der Waals surface area (Å²) in [6, 6.07) is 9.35. The Morgan fingerprint density at radius 2 is 1.06 bits per heavy atom. The van der Waals surface area contributed by atoms with Crippen LogP contribution in [0, 0.1) is 29.6 Å². The molecule has 5 aliphatic carbocycles. The molecule has 9 aliphatic rings. The van der Waals surface area contributed by atoms with Crippen LogP contribution in [-0.2, 0) is 114 Å². The Kier molecular flexibility index (Phi) is 41.5. The summed E-state index contributed by atoms with van der Waals surface area (Å²) in [6.45, 7) is 33.2. The highest BCUT2D eigenvalue weighted by Crippen LogP contribution is 2.57. The maximum absolute atomic E-state index is 12.1. The fourth-order valence-corrected chi connectivity index (χ4v) is 11.7. The van der Waals surface area contributed by atoms with Crippen molar-refractivity contribution in [2.75, 3.05) is 92.5 Å². The van der Waals surface area contributed by atoms with Gasteiger partial charge < -0.3 is 71.1 Å². The predicted molar refractivity (Wildman–Crippen MR) is 372 cm³/mol. The van der Waals surface area contributed by atoms with E-state index >= 15 is 0 Å². The van der Waals surface area contributed by atoms with E-state index in [0.717, 1.165) is 162 Å². The van der Waals surface area contributed by atoms with Crippen LogP contribution in [0.5, 0.6) is 5.75 Å². The van der Waals surface area contributed by atoms with E-state index in [0.29, 0.717) is 51.7 Å². The van der Waals surface area contributed by atoms with Gasteiger partial charge in [-0.3, -0.25) is 14.4 Å². The first kappa shape index (κ1) is 85.9.